The van der Waals surface area contributed by atoms with Crippen molar-refractivity contribution >= 4 is 10.9 Å². The molecule has 0 saturated carbocycles. The van der Waals surface area contributed by atoms with Crippen LogP contribution in [0, 0.1) is 0 Å². The second-order valence-corrected chi connectivity index (χ2v) is 5.44. The van der Waals surface area contributed by atoms with Gasteiger partial charge >= 0.3 is 0 Å². The van der Waals surface area contributed by atoms with Crippen LogP contribution in [0.15, 0.2) is 84.2 Å². The highest BCUT2D eigenvalue weighted by Crippen LogP contribution is 2.18. The van der Waals surface area contributed by atoms with Gasteiger partial charge in [0.25, 0.3) is 5.56 Å². The van der Waals surface area contributed by atoms with Crippen LogP contribution >= 0.6 is 0 Å². The van der Waals surface area contributed by atoms with Crippen LogP contribution in [0.3, 0.4) is 0 Å². The van der Waals surface area contributed by atoms with E-state index in [1.165, 1.54) is 0 Å². The summed E-state index contributed by atoms with van der Waals surface area (Å²) in [4.78, 5) is 17.1. The minimum Gasteiger partial charge on any atom is -0.333 e. The van der Waals surface area contributed by atoms with Gasteiger partial charge < -0.3 is 4.57 Å². The highest BCUT2D eigenvalue weighted by atomic mass is 16.1. The Morgan fingerprint density at radius 3 is 2.52 bits per heavy atom. The number of fused-ring (bicyclic) bond motifs is 1. The molecular weight excluding hydrogens is 286 g/mol. The standard InChI is InChI=1S/C19H15N3O/c23-19-16(13-21-11-10-20-14-21)12-15-6-4-5-9-18(15)22(19)17-7-2-1-3-8-17/h1-12,14H,13H2. The molecule has 4 heteroatoms. The maximum absolute atomic E-state index is 13.0. The summed E-state index contributed by atoms with van der Waals surface area (Å²) in [6.07, 6.45) is 5.31. The lowest BCUT2D eigenvalue weighted by atomic mass is 10.1. The van der Waals surface area contributed by atoms with E-state index in [1.54, 1.807) is 17.1 Å². The van der Waals surface area contributed by atoms with E-state index in [-0.39, 0.29) is 5.56 Å². The molecular formula is C19H15N3O. The third-order valence-corrected chi connectivity index (χ3v) is 3.91. The van der Waals surface area contributed by atoms with Gasteiger partial charge in [0.2, 0.25) is 0 Å². The lowest BCUT2D eigenvalue weighted by Crippen LogP contribution is -2.24. The lowest BCUT2D eigenvalue weighted by molar-refractivity contribution is 0.780. The maximum atomic E-state index is 13.0. The van der Waals surface area contributed by atoms with Crippen LogP contribution in [0.2, 0.25) is 0 Å². The summed E-state index contributed by atoms with van der Waals surface area (Å²) in [6, 6.07) is 19.7. The molecule has 0 aliphatic rings. The Balaban J connectivity index is 1.99. The Kier molecular flexibility index (Phi) is 3.27. The first kappa shape index (κ1) is 13.5. The minimum absolute atomic E-state index is 0.00333. The van der Waals surface area contributed by atoms with Crippen molar-refractivity contribution < 1.29 is 0 Å². The first-order valence-corrected chi connectivity index (χ1v) is 7.48. The molecule has 4 rings (SSSR count). The molecule has 0 saturated heterocycles. The predicted octanol–water partition coefficient (Wildman–Crippen LogP) is 3.24. The minimum atomic E-state index is 0.00333. The second kappa shape index (κ2) is 5.57. The number of aromatic nitrogens is 3. The fourth-order valence-electron chi connectivity index (χ4n) is 2.84. The van der Waals surface area contributed by atoms with E-state index in [4.69, 9.17) is 0 Å². The third kappa shape index (κ3) is 2.44. The van der Waals surface area contributed by atoms with Gasteiger partial charge in [-0.15, -0.1) is 0 Å². The third-order valence-electron chi connectivity index (χ3n) is 3.91. The molecule has 0 unspecified atom stereocenters. The fourth-order valence-corrected chi connectivity index (χ4v) is 2.84. The van der Waals surface area contributed by atoms with E-state index in [0.29, 0.717) is 6.54 Å². The van der Waals surface area contributed by atoms with E-state index >= 15 is 0 Å². The zero-order valence-corrected chi connectivity index (χ0v) is 12.5. The predicted molar refractivity (Wildman–Crippen MR) is 90.9 cm³/mol. The first-order chi connectivity index (χ1) is 11.3. The quantitative estimate of drug-likeness (QED) is 0.583. The number of para-hydroxylation sites is 2. The molecule has 0 aliphatic carbocycles. The van der Waals surface area contributed by atoms with E-state index in [2.05, 4.69) is 4.98 Å². The van der Waals surface area contributed by atoms with Crippen LogP contribution in [0.25, 0.3) is 16.6 Å². The summed E-state index contributed by atoms with van der Waals surface area (Å²) in [5.74, 6) is 0. The van der Waals surface area contributed by atoms with Crippen molar-refractivity contribution in [3.63, 3.8) is 0 Å². The number of nitrogens with zero attached hydrogens (tertiary/aromatic N) is 3. The van der Waals surface area contributed by atoms with Gasteiger partial charge in [-0.05, 0) is 29.7 Å². The maximum Gasteiger partial charge on any atom is 0.260 e. The number of pyridine rings is 1. The summed E-state index contributed by atoms with van der Waals surface area (Å²) < 4.78 is 3.68. The SMILES string of the molecule is O=c1c(Cn2ccnc2)cc2ccccc2n1-c1ccccc1. The summed E-state index contributed by atoms with van der Waals surface area (Å²) in [7, 11) is 0. The van der Waals surface area contributed by atoms with Crippen molar-refractivity contribution in [1.29, 1.82) is 0 Å². The summed E-state index contributed by atoms with van der Waals surface area (Å²) in [6.45, 7) is 0.510. The zero-order valence-electron chi connectivity index (χ0n) is 12.5. The van der Waals surface area contributed by atoms with Gasteiger partial charge in [-0.3, -0.25) is 9.36 Å². The van der Waals surface area contributed by atoms with Crippen LogP contribution in [0.1, 0.15) is 5.56 Å². The van der Waals surface area contributed by atoms with Gasteiger partial charge in [-0.2, -0.15) is 0 Å². The van der Waals surface area contributed by atoms with E-state index < -0.39 is 0 Å². The van der Waals surface area contributed by atoms with Gasteiger partial charge in [0.15, 0.2) is 0 Å². The van der Waals surface area contributed by atoms with Gasteiger partial charge in [-0.25, -0.2) is 4.98 Å². The molecule has 0 atom stereocenters. The molecule has 23 heavy (non-hydrogen) atoms. The summed E-state index contributed by atoms with van der Waals surface area (Å²) >= 11 is 0. The largest absolute Gasteiger partial charge is 0.333 e. The Labute approximate surface area is 133 Å². The van der Waals surface area contributed by atoms with E-state index in [0.717, 1.165) is 22.2 Å². The Bertz CT molecular complexity index is 1000. The van der Waals surface area contributed by atoms with Crippen molar-refractivity contribution in [3.8, 4) is 5.69 Å². The molecule has 4 nitrogen and oxygen atoms in total. The number of benzene rings is 2. The van der Waals surface area contributed by atoms with Crippen molar-refractivity contribution in [2.75, 3.05) is 0 Å². The second-order valence-electron chi connectivity index (χ2n) is 5.44. The van der Waals surface area contributed by atoms with Crippen LogP contribution in [-0.2, 0) is 6.54 Å². The Morgan fingerprint density at radius 2 is 1.74 bits per heavy atom. The lowest BCUT2D eigenvalue weighted by Gasteiger charge is -2.13. The van der Waals surface area contributed by atoms with Crippen molar-refractivity contribution in [2.45, 2.75) is 6.54 Å². The van der Waals surface area contributed by atoms with Crippen LogP contribution < -0.4 is 5.56 Å². The molecule has 2 aromatic heterocycles. The van der Waals surface area contributed by atoms with Gasteiger partial charge in [-0.1, -0.05) is 36.4 Å². The van der Waals surface area contributed by atoms with Crippen LogP contribution in [0.5, 0.6) is 0 Å². The topological polar surface area (TPSA) is 39.8 Å². The molecule has 0 spiro atoms. The zero-order chi connectivity index (χ0) is 15.6. The van der Waals surface area contributed by atoms with Crippen molar-refractivity contribution in [2.24, 2.45) is 0 Å². The Morgan fingerprint density at radius 1 is 0.957 bits per heavy atom. The monoisotopic (exact) mass is 301 g/mol. The Hall–Kier alpha value is -3.14. The van der Waals surface area contributed by atoms with E-state index in [1.807, 2.05) is 71.4 Å². The smallest absolute Gasteiger partial charge is 0.260 e. The normalized spacial score (nSPS) is 11.0. The van der Waals surface area contributed by atoms with E-state index in [9.17, 15) is 4.79 Å². The van der Waals surface area contributed by atoms with Gasteiger partial charge in [0.1, 0.15) is 0 Å². The van der Waals surface area contributed by atoms with Crippen molar-refractivity contribution in [1.82, 2.24) is 14.1 Å². The highest BCUT2D eigenvalue weighted by molar-refractivity contribution is 5.81. The molecule has 4 aromatic rings. The highest BCUT2D eigenvalue weighted by Gasteiger charge is 2.11. The number of imidazole rings is 1. The molecule has 0 aliphatic heterocycles. The molecule has 0 fully saturated rings. The summed E-state index contributed by atoms with van der Waals surface area (Å²) in [5.41, 5.74) is 2.54. The van der Waals surface area contributed by atoms with Gasteiger partial charge in [0, 0.05) is 23.6 Å². The average molecular weight is 301 g/mol. The molecule has 2 aromatic carbocycles. The molecule has 2 heterocycles. The average Bonchev–Trinajstić information content (AvgIpc) is 3.09. The van der Waals surface area contributed by atoms with Crippen LogP contribution in [-0.4, -0.2) is 14.1 Å². The number of hydrogen-bond acceptors (Lipinski definition) is 2. The van der Waals surface area contributed by atoms with Gasteiger partial charge in [0.05, 0.1) is 18.4 Å². The number of rotatable bonds is 3. The molecule has 0 bridgehead atoms. The number of hydrogen-bond donors (Lipinski definition) is 0. The molecule has 0 radical (unpaired) electrons. The molecule has 112 valence electrons. The van der Waals surface area contributed by atoms with Crippen LogP contribution in [0.4, 0.5) is 0 Å². The summed E-state index contributed by atoms with van der Waals surface area (Å²) in [5, 5.41) is 1.05. The first-order valence-electron chi connectivity index (χ1n) is 7.48. The molecule has 0 N–H and O–H groups in total. The molecule has 0 amide bonds. The van der Waals surface area contributed by atoms with Crippen molar-refractivity contribution in [3.05, 3.63) is 95.3 Å². The fraction of sp³-hybridized carbons (Fsp3) is 0.0526.